The number of aromatic amines is 1. The minimum Gasteiger partial charge on any atom is -0.329 e. The maximum atomic E-state index is 12.6. The van der Waals surface area contributed by atoms with Crippen LogP contribution in [0, 0.1) is 5.92 Å². The van der Waals surface area contributed by atoms with Gasteiger partial charge in [-0.1, -0.05) is 24.1 Å². The van der Waals surface area contributed by atoms with Gasteiger partial charge in [0.1, 0.15) is 5.92 Å². The summed E-state index contributed by atoms with van der Waals surface area (Å²) in [6.07, 6.45) is 3.12. The van der Waals surface area contributed by atoms with Gasteiger partial charge in [-0.25, -0.2) is 4.79 Å². The van der Waals surface area contributed by atoms with Crippen molar-refractivity contribution in [2.45, 2.75) is 25.7 Å². The van der Waals surface area contributed by atoms with Gasteiger partial charge >= 0.3 is 5.97 Å². The van der Waals surface area contributed by atoms with Crippen molar-refractivity contribution in [2.24, 2.45) is 5.92 Å². The Hall–Kier alpha value is -2.96. The van der Waals surface area contributed by atoms with Gasteiger partial charge in [0, 0.05) is 0 Å². The number of aromatic nitrogens is 2. The van der Waals surface area contributed by atoms with Crippen LogP contribution in [0.5, 0.6) is 0 Å². The molecule has 2 aliphatic rings. The van der Waals surface area contributed by atoms with Gasteiger partial charge in [-0.3, -0.25) is 14.7 Å². The van der Waals surface area contributed by atoms with Gasteiger partial charge < -0.3 is 4.84 Å². The highest BCUT2D eigenvalue weighted by Gasteiger charge is 2.41. The van der Waals surface area contributed by atoms with Gasteiger partial charge in [-0.15, -0.1) is 0 Å². The third-order valence-corrected chi connectivity index (χ3v) is 4.53. The SMILES string of the molecule is CC1Cc2cn[nH]c2C(C(=O)ON2C(=O)c3ccccc3C2=O)C1. The van der Waals surface area contributed by atoms with E-state index in [1.807, 2.05) is 6.92 Å². The lowest BCUT2D eigenvalue weighted by atomic mass is 9.81. The van der Waals surface area contributed by atoms with Crippen molar-refractivity contribution in [3.05, 3.63) is 52.8 Å². The number of fused-ring (bicyclic) bond motifs is 2. The third-order valence-electron chi connectivity index (χ3n) is 4.53. The number of benzene rings is 1. The molecule has 0 spiro atoms. The molecule has 2 aromatic rings. The molecular weight excluding hydrogens is 310 g/mol. The van der Waals surface area contributed by atoms with E-state index in [0.717, 1.165) is 12.0 Å². The molecule has 0 saturated carbocycles. The number of nitrogens with one attached hydrogen (secondary N) is 1. The van der Waals surface area contributed by atoms with Gasteiger partial charge in [-0.05, 0) is 36.5 Å². The Bertz CT molecular complexity index is 822. The van der Waals surface area contributed by atoms with Crippen LogP contribution in [-0.4, -0.2) is 33.0 Å². The molecule has 0 fully saturated rings. The molecule has 1 aromatic heterocycles. The lowest BCUT2D eigenvalue weighted by Gasteiger charge is -2.25. The fraction of sp³-hybridized carbons (Fsp3) is 0.294. The van der Waals surface area contributed by atoms with Crippen molar-refractivity contribution in [3.8, 4) is 0 Å². The summed E-state index contributed by atoms with van der Waals surface area (Å²) in [6.45, 7) is 2.04. The van der Waals surface area contributed by atoms with E-state index in [9.17, 15) is 14.4 Å². The van der Waals surface area contributed by atoms with Gasteiger partial charge in [0.2, 0.25) is 0 Å². The van der Waals surface area contributed by atoms with Crippen LogP contribution in [-0.2, 0) is 16.1 Å². The number of hydrogen-bond acceptors (Lipinski definition) is 5. The van der Waals surface area contributed by atoms with Crippen LogP contribution < -0.4 is 0 Å². The second-order valence-corrected chi connectivity index (χ2v) is 6.27. The molecule has 0 bridgehead atoms. The van der Waals surface area contributed by atoms with Crippen molar-refractivity contribution in [1.29, 1.82) is 0 Å². The monoisotopic (exact) mass is 325 g/mol. The van der Waals surface area contributed by atoms with Gasteiger partial charge in [0.25, 0.3) is 11.8 Å². The molecule has 24 heavy (non-hydrogen) atoms. The number of hydroxylamine groups is 2. The van der Waals surface area contributed by atoms with Crippen LogP contribution >= 0.6 is 0 Å². The van der Waals surface area contributed by atoms with E-state index in [2.05, 4.69) is 10.2 Å². The van der Waals surface area contributed by atoms with Crippen molar-refractivity contribution in [3.63, 3.8) is 0 Å². The number of rotatable bonds is 2. The lowest BCUT2D eigenvalue weighted by molar-refractivity contribution is -0.171. The van der Waals surface area contributed by atoms with Crippen LogP contribution in [0.3, 0.4) is 0 Å². The predicted molar refractivity (Wildman–Crippen MR) is 81.8 cm³/mol. The highest BCUT2D eigenvalue weighted by molar-refractivity contribution is 6.20. The number of H-pyrrole nitrogens is 1. The number of hydrogen-bond donors (Lipinski definition) is 1. The fourth-order valence-corrected chi connectivity index (χ4v) is 3.38. The third kappa shape index (κ3) is 2.12. The summed E-state index contributed by atoms with van der Waals surface area (Å²) in [6, 6.07) is 6.40. The minimum absolute atomic E-state index is 0.245. The average Bonchev–Trinajstić information content (AvgIpc) is 3.13. The first kappa shape index (κ1) is 14.6. The van der Waals surface area contributed by atoms with E-state index < -0.39 is 23.7 Å². The Morgan fingerprint density at radius 2 is 1.92 bits per heavy atom. The average molecular weight is 325 g/mol. The molecule has 1 aliphatic heterocycles. The Kier molecular flexibility index (Phi) is 3.23. The summed E-state index contributed by atoms with van der Waals surface area (Å²) in [5.74, 6) is -2.12. The lowest BCUT2D eigenvalue weighted by Crippen LogP contribution is -2.36. The Balaban J connectivity index is 1.58. The number of carbonyl (C=O) groups is 3. The Morgan fingerprint density at radius 3 is 2.58 bits per heavy atom. The number of carbonyl (C=O) groups excluding carboxylic acids is 3. The van der Waals surface area contributed by atoms with Gasteiger partial charge in [-0.2, -0.15) is 5.10 Å². The van der Waals surface area contributed by atoms with Crippen molar-refractivity contribution < 1.29 is 19.2 Å². The second-order valence-electron chi connectivity index (χ2n) is 6.27. The van der Waals surface area contributed by atoms with E-state index in [4.69, 9.17) is 4.84 Å². The van der Waals surface area contributed by atoms with E-state index in [1.165, 1.54) is 0 Å². The van der Waals surface area contributed by atoms with Crippen LogP contribution in [0.15, 0.2) is 30.5 Å². The molecule has 2 heterocycles. The molecule has 0 radical (unpaired) electrons. The number of amides is 2. The van der Waals surface area contributed by atoms with E-state index >= 15 is 0 Å². The summed E-state index contributed by atoms with van der Waals surface area (Å²) in [7, 11) is 0. The summed E-state index contributed by atoms with van der Waals surface area (Å²) >= 11 is 0. The zero-order chi connectivity index (χ0) is 16.8. The van der Waals surface area contributed by atoms with Crippen molar-refractivity contribution in [2.75, 3.05) is 0 Å². The van der Waals surface area contributed by atoms with E-state index in [-0.39, 0.29) is 17.0 Å². The van der Waals surface area contributed by atoms with E-state index in [0.29, 0.717) is 17.2 Å². The molecule has 2 atom stereocenters. The first-order valence-corrected chi connectivity index (χ1v) is 7.78. The normalized spacial score (nSPS) is 22.3. The second kappa shape index (κ2) is 5.30. The number of imide groups is 1. The first-order valence-electron chi connectivity index (χ1n) is 7.78. The Labute approximate surface area is 137 Å². The molecule has 1 N–H and O–H groups in total. The molecule has 122 valence electrons. The summed E-state index contributed by atoms with van der Waals surface area (Å²) in [5.41, 5.74) is 2.16. The van der Waals surface area contributed by atoms with Crippen LogP contribution in [0.25, 0.3) is 0 Å². The zero-order valence-corrected chi connectivity index (χ0v) is 13.0. The smallest absolute Gasteiger partial charge is 0.329 e. The van der Waals surface area contributed by atoms with Crippen molar-refractivity contribution in [1.82, 2.24) is 15.3 Å². The summed E-state index contributed by atoms with van der Waals surface area (Å²) < 4.78 is 0. The zero-order valence-electron chi connectivity index (χ0n) is 13.0. The molecule has 1 aliphatic carbocycles. The molecule has 7 heteroatoms. The van der Waals surface area contributed by atoms with Crippen LogP contribution in [0.4, 0.5) is 0 Å². The summed E-state index contributed by atoms with van der Waals surface area (Å²) in [4.78, 5) is 42.4. The highest BCUT2D eigenvalue weighted by Crippen LogP contribution is 2.35. The molecule has 2 unspecified atom stereocenters. The number of nitrogens with zero attached hydrogens (tertiary/aromatic N) is 2. The first-order chi connectivity index (χ1) is 11.6. The maximum Gasteiger partial charge on any atom is 0.342 e. The molecular formula is C17H15N3O4. The quantitative estimate of drug-likeness (QED) is 0.850. The standard InChI is InChI=1S/C17H15N3O4/c1-9-6-10-8-18-19-14(10)13(7-9)17(23)24-20-15(21)11-4-2-3-5-12(11)16(20)22/h2-5,8-9,13H,6-7H2,1H3,(H,18,19). The minimum atomic E-state index is -0.624. The molecule has 7 nitrogen and oxygen atoms in total. The fourth-order valence-electron chi connectivity index (χ4n) is 3.38. The molecule has 0 saturated heterocycles. The summed E-state index contributed by atoms with van der Waals surface area (Å²) in [5, 5.41) is 7.38. The van der Waals surface area contributed by atoms with Crippen molar-refractivity contribution >= 4 is 17.8 Å². The van der Waals surface area contributed by atoms with Gasteiger partial charge in [0.05, 0.1) is 23.0 Å². The molecule has 2 amide bonds. The van der Waals surface area contributed by atoms with Crippen LogP contribution in [0.1, 0.15) is 51.2 Å². The van der Waals surface area contributed by atoms with E-state index in [1.54, 1.807) is 30.5 Å². The molecule has 1 aromatic carbocycles. The van der Waals surface area contributed by atoms with Gasteiger partial charge in [0.15, 0.2) is 0 Å². The maximum absolute atomic E-state index is 12.6. The Morgan fingerprint density at radius 1 is 1.25 bits per heavy atom. The molecule has 4 rings (SSSR count). The van der Waals surface area contributed by atoms with Crippen LogP contribution in [0.2, 0.25) is 0 Å². The highest BCUT2D eigenvalue weighted by atomic mass is 16.7. The largest absolute Gasteiger partial charge is 0.342 e. The topological polar surface area (TPSA) is 92.4 Å². The predicted octanol–water partition coefficient (Wildman–Crippen LogP) is 1.83.